The second kappa shape index (κ2) is 5.57. The van der Waals surface area contributed by atoms with Gasteiger partial charge in [0.2, 0.25) is 11.8 Å². The molecule has 5 nitrogen and oxygen atoms in total. The molecule has 0 fully saturated rings. The van der Waals surface area contributed by atoms with Gasteiger partial charge in [-0.3, -0.25) is 9.59 Å². The molecular weight excluding hydrogens is 342 g/mol. The molecule has 7 heteroatoms. The van der Waals surface area contributed by atoms with Crippen LogP contribution in [0, 0.1) is 0 Å². The summed E-state index contributed by atoms with van der Waals surface area (Å²) in [6, 6.07) is 7.69. The Bertz CT molecular complexity index is 605. The maximum Gasteiger partial charge on any atom is 0.241 e. The van der Waals surface area contributed by atoms with Gasteiger partial charge >= 0.3 is 0 Å². The second-order valence-electron chi connectivity index (χ2n) is 4.51. The van der Waals surface area contributed by atoms with Crippen molar-refractivity contribution in [2.45, 2.75) is 25.6 Å². The van der Waals surface area contributed by atoms with Gasteiger partial charge < -0.3 is 5.32 Å². The number of carbonyl (C=O) groups excluding carboxylic acids is 2. The number of nitrogens with one attached hydrogen (secondary N) is 1. The van der Waals surface area contributed by atoms with Crippen molar-refractivity contribution < 1.29 is 9.59 Å². The van der Waals surface area contributed by atoms with E-state index in [9.17, 15) is 9.59 Å². The number of hydrogen-bond acceptors (Lipinski definition) is 4. The standard InChI is InChI=1S/C13H14BrN3O2S/c1-8(18)15-12-16-17(9(2)19)13(3,20-12)10-5-4-6-11(14)7-10/h4-7H,1-3H3,(H,15,16,18)/t13-/m0/s1. The fourth-order valence-corrected chi connectivity index (χ4v) is 3.56. The molecular formula is C13H14BrN3O2S. The Morgan fingerprint density at radius 3 is 2.65 bits per heavy atom. The molecule has 0 bridgehead atoms. The maximum absolute atomic E-state index is 11.8. The van der Waals surface area contributed by atoms with Gasteiger partial charge in [0.15, 0.2) is 5.17 Å². The fraction of sp³-hybridized carbons (Fsp3) is 0.308. The Morgan fingerprint density at radius 1 is 1.40 bits per heavy atom. The van der Waals surface area contributed by atoms with Crippen molar-refractivity contribution in [2.24, 2.45) is 5.10 Å². The molecule has 0 saturated heterocycles. The van der Waals surface area contributed by atoms with Crippen LogP contribution in [-0.4, -0.2) is 22.0 Å². The van der Waals surface area contributed by atoms with E-state index in [-0.39, 0.29) is 11.8 Å². The molecule has 2 amide bonds. The zero-order valence-electron chi connectivity index (χ0n) is 11.3. The highest BCUT2D eigenvalue weighted by Gasteiger charge is 2.43. The maximum atomic E-state index is 11.8. The molecule has 2 rings (SSSR count). The van der Waals surface area contributed by atoms with Crippen LogP contribution in [0.1, 0.15) is 26.3 Å². The number of benzene rings is 1. The van der Waals surface area contributed by atoms with Crippen LogP contribution >= 0.6 is 27.7 Å². The van der Waals surface area contributed by atoms with Crippen molar-refractivity contribution in [2.75, 3.05) is 0 Å². The predicted octanol–water partition coefficient (Wildman–Crippen LogP) is 2.62. The number of halogens is 1. The van der Waals surface area contributed by atoms with Crippen LogP contribution in [0.5, 0.6) is 0 Å². The molecule has 0 spiro atoms. The van der Waals surface area contributed by atoms with Gasteiger partial charge in [-0.1, -0.05) is 39.8 Å². The first-order valence-electron chi connectivity index (χ1n) is 5.95. The lowest BCUT2D eigenvalue weighted by atomic mass is 10.1. The van der Waals surface area contributed by atoms with Gasteiger partial charge in [0.1, 0.15) is 4.87 Å². The van der Waals surface area contributed by atoms with E-state index in [1.165, 1.54) is 30.6 Å². The molecule has 0 saturated carbocycles. The normalized spacial score (nSPS) is 21.6. The molecule has 20 heavy (non-hydrogen) atoms. The van der Waals surface area contributed by atoms with Gasteiger partial charge in [-0.25, -0.2) is 5.01 Å². The van der Waals surface area contributed by atoms with E-state index in [0.29, 0.717) is 5.17 Å². The number of hydrazone groups is 1. The second-order valence-corrected chi connectivity index (χ2v) is 6.81. The van der Waals surface area contributed by atoms with E-state index in [1.807, 2.05) is 31.2 Å². The van der Waals surface area contributed by atoms with E-state index in [2.05, 4.69) is 26.3 Å². The molecule has 1 aliphatic rings. The van der Waals surface area contributed by atoms with Crippen LogP contribution in [0.25, 0.3) is 0 Å². The van der Waals surface area contributed by atoms with Crippen LogP contribution < -0.4 is 5.32 Å². The minimum atomic E-state index is -0.673. The van der Waals surface area contributed by atoms with Crippen LogP contribution in [0.4, 0.5) is 0 Å². The number of hydrogen-bond donors (Lipinski definition) is 1. The Hall–Kier alpha value is -1.34. The molecule has 1 aliphatic heterocycles. The molecule has 0 aliphatic carbocycles. The number of nitrogens with zero attached hydrogens (tertiary/aromatic N) is 2. The van der Waals surface area contributed by atoms with Crippen LogP contribution in [0.15, 0.2) is 33.8 Å². The Labute approximate surface area is 129 Å². The van der Waals surface area contributed by atoms with E-state index in [1.54, 1.807) is 0 Å². The minimum absolute atomic E-state index is 0.180. The van der Waals surface area contributed by atoms with E-state index in [0.717, 1.165) is 10.0 Å². The third-order valence-corrected chi connectivity index (χ3v) is 4.51. The van der Waals surface area contributed by atoms with Crippen LogP contribution in [0.3, 0.4) is 0 Å². The molecule has 1 aromatic rings. The molecule has 1 aromatic carbocycles. The molecule has 1 heterocycles. The zero-order chi connectivity index (χ0) is 14.9. The van der Waals surface area contributed by atoms with E-state index >= 15 is 0 Å². The van der Waals surface area contributed by atoms with Crippen molar-refractivity contribution in [1.82, 2.24) is 10.3 Å². The quantitative estimate of drug-likeness (QED) is 0.842. The van der Waals surface area contributed by atoms with Gasteiger partial charge in [0.05, 0.1) is 0 Å². The number of thioether (sulfide) groups is 1. The lowest BCUT2D eigenvalue weighted by Crippen LogP contribution is -2.37. The summed E-state index contributed by atoms with van der Waals surface area (Å²) in [5, 5.41) is 8.66. The number of carbonyl (C=O) groups is 2. The summed E-state index contributed by atoms with van der Waals surface area (Å²) in [4.78, 5) is 22.3. The average Bonchev–Trinajstić information content (AvgIpc) is 2.67. The van der Waals surface area contributed by atoms with Crippen molar-refractivity contribution in [3.05, 3.63) is 34.3 Å². The third kappa shape index (κ3) is 2.88. The molecule has 0 aromatic heterocycles. The van der Waals surface area contributed by atoms with E-state index < -0.39 is 4.87 Å². The molecule has 0 unspecified atom stereocenters. The summed E-state index contributed by atoms with van der Waals surface area (Å²) in [6.07, 6.45) is 0. The molecule has 106 valence electrons. The first-order chi connectivity index (χ1) is 9.33. The fourth-order valence-electron chi connectivity index (χ4n) is 1.97. The van der Waals surface area contributed by atoms with Gasteiger partial charge in [-0.15, -0.1) is 5.10 Å². The minimum Gasteiger partial charge on any atom is -0.304 e. The number of amides is 2. The SMILES string of the molecule is CC(=O)NC1=NN(C(C)=O)[C@](C)(c2cccc(Br)c2)S1. The number of rotatable bonds is 1. The zero-order valence-corrected chi connectivity index (χ0v) is 13.7. The van der Waals surface area contributed by atoms with Crippen molar-refractivity contribution >= 4 is 44.7 Å². The lowest BCUT2D eigenvalue weighted by Gasteiger charge is -2.31. The molecule has 1 N–H and O–H groups in total. The highest BCUT2D eigenvalue weighted by atomic mass is 79.9. The predicted molar refractivity (Wildman–Crippen MR) is 82.9 cm³/mol. The van der Waals surface area contributed by atoms with Gasteiger partial charge in [-0.05, 0) is 24.6 Å². The summed E-state index contributed by atoms with van der Waals surface area (Å²) in [5.41, 5.74) is 0.927. The summed E-state index contributed by atoms with van der Waals surface area (Å²) in [5.74, 6) is -0.390. The topological polar surface area (TPSA) is 61.8 Å². The largest absolute Gasteiger partial charge is 0.304 e. The molecule has 0 radical (unpaired) electrons. The Morgan fingerprint density at radius 2 is 2.10 bits per heavy atom. The lowest BCUT2D eigenvalue weighted by molar-refractivity contribution is -0.131. The van der Waals surface area contributed by atoms with Crippen molar-refractivity contribution in [3.63, 3.8) is 0 Å². The van der Waals surface area contributed by atoms with E-state index in [4.69, 9.17) is 0 Å². The number of amidine groups is 1. The van der Waals surface area contributed by atoms with Crippen molar-refractivity contribution in [3.8, 4) is 0 Å². The van der Waals surface area contributed by atoms with Gasteiger partial charge in [0, 0.05) is 18.3 Å². The first-order valence-corrected chi connectivity index (χ1v) is 7.56. The monoisotopic (exact) mass is 355 g/mol. The smallest absolute Gasteiger partial charge is 0.241 e. The van der Waals surface area contributed by atoms with Gasteiger partial charge in [-0.2, -0.15) is 0 Å². The Kier molecular flexibility index (Phi) is 4.19. The van der Waals surface area contributed by atoms with Gasteiger partial charge in [0.25, 0.3) is 0 Å². The highest BCUT2D eigenvalue weighted by molar-refractivity contribution is 9.10. The third-order valence-electron chi connectivity index (χ3n) is 2.83. The summed E-state index contributed by atoms with van der Waals surface area (Å²) in [7, 11) is 0. The van der Waals surface area contributed by atoms with Crippen LogP contribution in [-0.2, 0) is 14.5 Å². The summed E-state index contributed by atoms with van der Waals surface area (Å²) < 4.78 is 0.924. The van der Waals surface area contributed by atoms with Crippen molar-refractivity contribution in [1.29, 1.82) is 0 Å². The summed E-state index contributed by atoms with van der Waals surface area (Å²) >= 11 is 4.77. The Balaban J connectivity index is 2.40. The van der Waals surface area contributed by atoms with Crippen LogP contribution in [0.2, 0.25) is 0 Å². The first kappa shape index (κ1) is 15.1. The molecule has 1 atom stereocenters. The highest BCUT2D eigenvalue weighted by Crippen LogP contribution is 2.45. The average molecular weight is 356 g/mol. The summed E-state index contributed by atoms with van der Waals surface area (Å²) in [6.45, 7) is 4.77.